The number of carboxylic acids is 1. The Morgan fingerprint density at radius 1 is 1.44 bits per heavy atom. The van der Waals surface area contributed by atoms with Crippen molar-refractivity contribution in [3.63, 3.8) is 0 Å². The van der Waals surface area contributed by atoms with E-state index < -0.39 is 17.6 Å². The van der Waals surface area contributed by atoms with Crippen LogP contribution in [0.5, 0.6) is 0 Å². The number of hydrogen-bond donors (Lipinski definition) is 1. The number of rotatable bonds is 4. The van der Waals surface area contributed by atoms with Gasteiger partial charge < -0.3 is 5.11 Å². The summed E-state index contributed by atoms with van der Waals surface area (Å²) in [6, 6.07) is 1.69. The fraction of sp³-hybridized carbons (Fsp3) is 0.364. The number of thioether (sulfide) groups is 1. The Morgan fingerprint density at radius 2 is 1.94 bits per heavy atom. The summed E-state index contributed by atoms with van der Waals surface area (Å²) in [6.07, 6.45) is 0.782. The van der Waals surface area contributed by atoms with E-state index in [0.717, 1.165) is 30.3 Å². The smallest absolute Gasteiger partial charge is 0.335 e. The van der Waals surface area contributed by atoms with Crippen LogP contribution in [0.4, 0.5) is 8.78 Å². The van der Waals surface area contributed by atoms with Gasteiger partial charge in [-0.1, -0.05) is 13.8 Å². The minimum absolute atomic E-state index is 0.0830. The maximum absolute atomic E-state index is 13.4. The number of benzene rings is 1. The van der Waals surface area contributed by atoms with Crippen molar-refractivity contribution >= 4 is 17.7 Å². The zero-order valence-corrected chi connectivity index (χ0v) is 9.78. The Balaban J connectivity index is 3.07. The average molecular weight is 246 g/mol. The molecule has 1 N–H and O–H groups in total. The molecule has 88 valence electrons. The van der Waals surface area contributed by atoms with Crippen LogP contribution >= 0.6 is 11.8 Å². The molecule has 0 amide bonds. The maximum atomic E-state index is 13.4. The van der Waals surface area contributed by atoms with Crippen LogP contribution in [0.3, 0.4) is 0 Å². The second-order valence-electron chi connectivity index (χ2n) is 3.41. The zero-order valence-electron chi connectivity index (χ0n) is 8.96. The summed E-state index contributed by atoms with van der Waals surface area (Å²) in [7, 11) is 0. The molecule has 0 heterocycles. The highest BCUT2D eigenvalue weighted by Crippen LogP contribution is 2.30. The molecule has 0 fully saturated rings. The van der Waals surface area contributed by atoms with Gasteiger partial charge in [-0.15, -0.1) is 11.8 Å². The molecule has 0 radical (unpaired) electrons. The predicted molar refractivity (Wildman–Crippen MR) is 58.9 cm³/mol. The van der Waals surface area contributed by atoms with Crippen LogP contribution in [0.1, 0.15) is 30.6 Å². The van der Waals surface area contributed by atoms with Gasteiger partial charge in [0.15, 0.2) is 0 Å². The summed E-state index contributed by atoms with van der Waals surface area (Å²) in [5.74, 6) is -2.97. The van der Waals surface area contributed by atoms with Crippen molar-refractivity contribution in [3.8, 4) is 0 Å². The van der Waals surface area contributed by atoms with Crippen LogP contribution in [-0.2, 0) is 0 Å². The lowest BCUT2D eigenvalue weighted by Gasteiger charge is -2.10. The number of carbonyl (C=O) groups is 1. The van der Waals surface area contributed by atoms with E-state index in [9.17, 15) is 13.6 Å². The van der Waals surface area contributed by atoms with Crippen LogP contribution in [-0.4, -0.2) is 16.3 Å². The van der Waals surface area contributed by atoms with Crippen molar-refractivity contribution in [2.75, 3.05) is 0 Å². The Morgan fingerprint density at radius 3 is 2.31 bits per heavy atom. The Hall–Kier alpha value is -1.10. The summed E-state index contributed by atoms with van der Waals surface area (Å²) in [4.78, 5) is 10.4. The number of aromatic carboxylic acids is 1. The number of carboxylic acid groups (broad SMARTS) is 1. The first-order valence-corrected chi connectivity index (χ1v) is 5.72. The first-order valence-electron chi connectivity index (χ1n) is 4.84. The third kappa shape index (κ3) is 2.95. The van der Waals surface area contributed by atoms with Crippen molar-refractivity contribution in [1.82, 2.24) is 0 Å². The largest absolute Gasteiger partial charge is 0.478 e. The molecule has 0 bridgehead atoms. The Bertz CT molecular complexity index is 384. The van der Waals surface area contributed by atoms with Gasteiger partial charge in [0.2, 0.25) is 0 Å². The molecule has 1 unspecified atom stereocenters. The third-order valence-electron chi connectivity index (χ3n) is 2.14. The average Bonchev–Trinajstić information content (AvgIpc) is 2.22. The normalized spacial score (nSPS) is 12.5. The van der Waals surface area contributed by atoms with E-state index in [2.05, 4.69) is 0 Å². The van der Waals surface area contributed by atoms with Crippen molar-refractivity contribution in [2.45, 2.75) is 30.4 Å². The van der Waals surface area contributed by atoms with Crippen molar-refractivity contribution < 1.29 is 18.7 Å². The van der Waals surface area contributed by atoms with E-state index in [1.807, 2.05) is 13.8 Å². The lowest BCUT2D eigenvalue weighted by molar-refractivity contribution is 0.0695. The van der Waals surface area contributed by atoms with Gasteiger partial charge in [0.1, 0.15) is 11.6 Å². The Kier molecular flexibility index (Phi) is 4.29. The van der Waals surface area contributed by atoms with Crippen molar-refractivity contribution in [3.05, 3.63) is 29.3 Å². The van der Waals surface area contributed by atoms with E-state index in [-0.39, 0.29) is 15.7 Å². The van der Waals surface area contributed by atoms with Gasteiger partial charge >= 0.3 is 5.97 Å². The molecule has 1 aromatic carbocycles. The van der Waals surface area contributed by atoms with Crippen molar-refractivity contribution in [2.24, 2.45) is 0 Å². The fourth-order valence-corrected chi connectivity index (χ4v) is 1.99. The van der Waals surface area contributed by atoms with Crippen molar-refractivity contribution in [1.29, 1.82) is 0 Å². The van der Waals surface area contributed by atoms with Crippen LogP contribution in [0.2, 0.25) is 0 Å². The molecular formula is C11H12F2O2S. The predicted octanol–water partition coefficient (Wildman–Crippen LogP) is 3.55. The summed E-state index contributed by atoms with van der Waals surface area (Å²) in [5, 5.41) is 8.70. The zero-order chi connectivity index (χ0) is 12.3. The summed E-state index contributed by atoms with van der Waals surface area (Å²) in [5.41, 5.74) is -0.372. The van der Waals surface area contributed by atoms with Crippen LogP contribution in [0.15, 0.2) is 17.0 Å². The van der Waals surface area contributed by atoms with E-state index in [4.69, 9.17) is 5.11 Å². The quantitative estimate of drug-likeness (QED) is 0.825. The molecule has 2 nitrogen and oxygen atoms in total. The highest BCUT2D eigenvalue weighted by molar-refractivity contribution is 8.00. The molecule has 0 aromatic heterocycles. The first kappa shape index (κ1) is 13.0. The standard InChI is InChI=1S/C11H12F2O2S/c1-3-6(2)16-10-8(12)4-7(11(14)15)5-9(10)13/h4-6H,3H2,1-2H3,(H,14,15). The lowest BCUT2D eigenvalue weighted by atomic mass is 10.2. The van der Waals surface area contributed by atoms with Gasteiger partial charge in [-0.2, -0.15) is 0 Å². The molecule has 0 aliphatic carbocycles. The topological polar surface area (TPSA) is 37.3 Å². The number of halogens is 2. The van der Waals surface area contributed by atoms with E-state index in [1.165, 1.54) is 0 Å². The van der Waals surface area contributed by atoms with Gasteiger partial charge in [-0.05, 0) is 18.6 Å². The van der Waals surface area contributed by atoms with Gasteiger partial charge in [0, 0.05) is 5.25 Å². The lowest BCUT2D eigenvalue weighted by Crippen LogP contribution is -2.02. The van der Waals surface area contributed by atoms with E-state index in [1.54, 1.807) is 0 Å². The molecule has 0 aliphatic heterocycles. The third-order valence-corrected chi connectivity index (χ3v) is 3.50. The Labute approximate surface area is 96.7 Å². The SMILES string of the molecule is CCC(C)Sc1c(F)cc(C(=O)O)cc1F. The highest BCUT2D eigenvalue weighted by Gasteiger charge is 2.16. The monoisotopic (exact) mass is 246 g/mol. The molecule has 1 rings (SSSR count). The second kappa shape index (κ2) is 5.30. The maximum Gasteiger partial charge on any atom is 0.335 e. The number of hydrogen-bond acceptors (Lipinski definition) is 2. The summed E-state index contributed by atoms with van der Waals surface area (Å²) < 4.78 is 26.9. The molecule has 5 heteroatoms. The van der Waals surface area contributed by atoms with Crippen LogP contribution < -0.4 is 0 Å². The van der Waals surface area contributed by atoms with E-state index >= 15 is 0 Å². The fourth-order valence-electron chi connectivity index (χ4n) is 1.08. The molecule has 16 heavy (non-hydrogen) atoms. The first-order chi connectivity index (χ1) is 7.45. The summed E-state index contributed by atoms with van der Waals surface area (Å²) in [6.45, 7) is 3.77. The minimum Gasteiger partial charge on any atom is -0.478 e. The van der Waals surface area contributed by atoms with E-state index in [0.29, 0.717) is 0 Å². The molecule has 1 atom stereocenters. The molecule has 1 aromatic rings. The molecule has 0 spiro atoms. The van der Waals surface area contributed by atoms with Crippen LogP contribution in [0.25, 0.3) is 0 Å². The van der Waals surface area contributed by atoms with Gasteiger partial charge in [0.05, 0.1) is 10.5 Å². The summed E-state index contributed by atoms with van der Waals surface area (Å²) >= 11 is 1.07. The second-order valence-corrected chi connectivity index (χ2v) is 4.86. The molecular weight excluding hydrogens is 234 g/mol. The van der Waals surface area contributed by atoms with Gasteiger partial charge in [0.25, 0.3) is 0 Å². The highest BCUT2D eigenvalue weighted by atomic mass is 32.2. The molecule has 0 saturated heterocycles. The minimum atomic E-state index is -1.34. The van der Waals surface area contributed by atoms with Crippen LogP contribution in [0, 0.1) is 11.6 Å². The van der Waals surface area contributed by atoms with Gasteiger partial charge in [-0.25, -0.2) is 13.6 Å². The van der Waals surface area contributed by atoms with Gasteiger partial charge in [-0.3, -0.25) is 0 Å². The molecule has 0 aliphatic rings. The molecule has 0 saturated carbocycles.